The van der Waals surface area contributed by atoms with E-state index in [-0.39, 0.29) is 5.75 Å². The largest absolute Gasteiger partial charge is 0.494 e. The van der Waals surface area contributed by atoms with Gasteiger partial charge in [0.2, 0.25) is 0 Å². The summed E-state index contributed by atoms with van der Waals surface area (Å²) in [7, 11) is 0. The van der Waals surface area contributed by atoms with E-state index in [9.17, 15) is 13.6 Å². The van der Waals surface area contributed by atoms with Gasteiger partial charge in [-0.05, 0) is 31.2 Å². The Kier molecular flexibility index (Phi) is 4.22. The van der Waals surface area contributed by atoms with Gasteiger partial charge in [-0.1, -0.05) is 0 Å². The van der Waals surface area contributed by atoms with Gasteiger partial charge in [-0.25, -0.2) is 5.84 Å². The topological polar surface area (TPSA) is 73.6 Å². The fourth-order valence-electron chi connectivity index (χ4n) is 1.05. The minimum atomic E-state index is -4.01. The van der Waals surface area contributed by atoms with Gasteiger partial charge in [0.1, 0.15) is 11.5 Å². The molecule has 1 rings (SSSR count). The molecule has 94 valence electrons. The number of benzene rings is 1. The van der Waals surface area contributed by atoms with Gasteiger partial charge in [0.05, 0.1) is 6.61 Å². The lowest BCUT2D eigenvalue weighted by atomic mass is 10.3. The molecule has 0 aromatic heterocycles. The second-order valence-corrected chi connectivity index (χ2v) is 3.00. The fourth-order valence-corrected chi connectivity index (χ4v) is 1.05. The Hall–Kier alpha value is -1.89. The molecule has 1 aromatic rings. The average molecular weight is 246 g/mol. The van der Waals surface area contributed by atoms with Crippen molar-refractivity contribution in [3.8, 4) is 11.5 Å². The molecule has 0 aliphatic rings. The molecule has 0 bridgehead atoms. The third kappa shape index (κ3) is 3.56. The highest BCUT2D eigenvalue weighted by molar-refractivity contribution is 5.81. The highest BCUT2D eigenvalue weighted by Crippen LogP contribution is 2.24. The quantitative estimate of drug-likeness (QED) is 0.462. The Bertz CT molecular complexity index is 382. The molecule has 3 N–H and O–H groups in total. The van der Waals surface area contributed by atoms with Crippen LogP contribution in [-0.4, -0.2) is 18.6 Å². The zero-order valence-corrected chi connectivity index (χ0v) is 9.07. The smallest absolute Gasteiger partial charge is 0.483 e. The maximum absolute atomic E-state index is 13.0. The van der Waals surface area contributed by atoms with Crippen molar-refractivity contribution in [1.82, 2.24) is 5.43 Å². The van der Waals surface area contributed by atoms with E-state index >= 15 is 0 Å². The molecule has 7 heteroatoms. The Labute approximate surface area is 96.5 Å². The molecule has 17 heavy (non-hydrogen) atoms. The maximum Gasteiger partial charge on any atom is 0.483 e. The van der Waals surface area contributed by atoms with Crippen molar-refractivity contribution in [2.75, 3.05) is 6.61 Å². The molecule has 0 unspecified atom stereocenters. The lowest BCUT2D eigenvalue weighted by Gasteiger charge is -2.15. The van der Waals surface area contributed by atoms with E-state index < -0.39 is 12.0 Å². The van der Waals surface area contributed by atoms with E-state index in [1.54, 1.807) is 6.92 Å². The number of halogens is 2. The van der Waals surface area contributed by atoms with Crippen LogP contribution < -0.4 is 20.7 Å². The van der Waals surface area contributed by atoms with Gasteiger partial charge in [-0.2, -0.15) is 8.78 Å². The average Bonchev–Trinajstić information content (AvgIpc) is 2.30. The number of carbonyl (C=O) groups is 1. The van der Waals surface area contributed by atoms with Crippen LogP contribution in [0, 0.1) is 0 Å². The summed E-state index contributed by atoms with van der Waals surface area (Å²) in [5.41, 5.74) is 1.32. The molecule has 1 amide bonds. The minimum absolute atomic E-state index is 0.165. The number of hydrogen-bond donors (Lipinski definition) is 2. The van der Waals surface area contributed by atoms with Gasteiger partial charge in [0, 0.05) is 0 Å². The van der Waals surface area contributed by atoms with Crippen LogP contribution in [0.2, 0.25) is 0 Å². The highest BCUT2D eigenvalue weighted by Gasteiger charge is 2.41. The van der Waals surface area contributed by atoms with Gasteiger partial charge < -0.3 is 9.47 Å². The monoisotopic (exact) mass is 246 g/mol. The van der Waals surface area contributed by atoms with Crippen molar-refractivity contribution in [3.05, 3.63) is 24.3 Å². The predicted molar refractivity (Wildman–Crippen MR) is 55.5 cm³/mol. The van der Waals surface area contributed by atoms with Gasteiger partial charge in [0.15, 0.2) is 0 Å². The Morgan fingerprint density at radius 1 is 1.35 bits per heavy atom. The summed E-state index contributed by atoms with van der Waals surface area (Å²) in [5, 5.41) is 0. The number of hydrazine groups is 1. The second kappa shape index (κ2) is 5.44. The van der Waals surface area contributed by atoms with E-state index in [2.05, 4.69) is 10.6 Å². The zero-order valence-electron chi connectivity index (χ0n) is 9.07. The Balaban J connectivity index is 2.71. The van der Waals surface area contributed by atoms with Crippen molar-refractivity contribution in [2.24, 2.45) is 5.84 Å². The molecule has 0 heterocycles. The first kappa shape index (κ1) is 13.2. The van der Waals surface area contributed by atoms with Gasteiger partial charge in [-0.3, -0.25) is 10.2 Å². The third-order valence-electron chi connectivity index (χ3n) is 1.78. The first-order valence-corrected chi connectivity index (χ1v) is 4.80. The fraction of sp³-hybridized carbons (Fsp3) is 0.300. The summed E-state index contributed by atoms with van der Waals surface area (Å²) >= 11 is 0. The van der Waals surface area contributed by atoms with E-state index in [1.165, 1.54) is 29.7 Å². The number of carbonyl (C=O) groups excluding carboxylic acids is 1. The van der Waals surface area contributed by atoms with Crippen LogP contribution >= 0.6 is 0 Å². The van der Waals surface area contributed by atoms with Crippen molar-refractivity contribution in [2.45, 2.75) is 13.0 Å². The summed E-state index contributed by atoms with van der Waals surface area (Å²) in [6.45, 7) is 2.26. The van der Waals surface area contributed by atoms with E-state index in [0.29, 0.717) is 12.4 Å². The van der Waals surface area contributed by atoms with Crippen LogP contribution in [0.4, 0.5) is 8.78 Å². The third-order valence-corrected chi connectivity index (χ3v) is 1.78. The molecule has 0 radical (unpaired) electrons. The van der Waals surface area contributed by atoms with Crippen LogP contribution in [0.25, 0.3) is 0 Å². The number of nitrogens with two attached hydrogens (primary N) is 1. The van der Waals surface area contributed by atoms with Crippen molar-refractivity contribution >= 4 is 5.91 Å². The predicted octanol–water partition coefficient (Wildman–Crippen LogP) is 1.05. The summed E-state index contributed by atoms with van der Waals surface area (Å²) in [4.78, 5) is 10.7. The Morgan fingerprint density at radius 2 is 1.88 bits per heavy atom. The maximum atomic E-state index is 13.0. The van der Waals surface area contributed by atoms with Gasteiger partial charge >= 0.3 is 12.0 Å². The van der Waals surface area contributed by atoms with Crippen molar-refractivity contribution in [1.29, 1.82) is 0 Å². The SMILES string of the molecule is CCOc1ccc(OC(F)(F)C(=O)NN)cc1. The molecular formula is C10H12F2N2O3. The van der Waals surface area contributed by atoms with Crippen LogP contribution in [0.3, 0.4) is 0 Å². The summed E-state index contributed by atoms with van der Waals surface area (Å²) in [6.07, 6.45) is -4.01. The molecule has 0 fully saturated rings. The molecule has 0 aliphatic heterocycles. The molecule has 5 nitrogen and oxygen atoms in total. The van der Waals surface area contributed by atoms with Crippen LogP contribution in [0.5, 0.6) is 11.5 Å². The van der Waals surface area contributed by atoms with Crippen LogP contribution in [0.15, 0.2) is 24.3 Å². The number of alkyl halides is 2. The molecule has 0 aliphatic carbocycles. The lowest BCUT2D eigenvalue weighted by molar-refractivity contribution is -0.192. The van der Waals surface area contributed by atoms with Crippen LogP contribution in [-0.2, 0) is 4.79 Å². The Morgan fingerprint density at radius 3 is 2.35 bits per heavy atom. The second-order valence-electron chi connectivity index (χ2n) is 3.00. The molecule has 0 atom stereocenters. The standard InChI is InChI=1S/C10H12F2N2O3/c1-2-16-7-3-5-8(6-4-7)17-10(11,12)9(15)14-13/h3-6H,2,13H2,1H3,(H,14,15). The van der Waals surface area contributed by atoms with Gasteiger partial charge in [0.25, 0.3) is 0 Å². The van der Waals surface area contributed by atoms with E-state index in [4.69, 9.17) is 4.74 Å². The minimum Gasteiger partial charge on any atom is -0.494 e. The van der Waals surface area contributed by atoms with Crippen molar-refractivity contribution in [3.63, 3.8) is 0 Å². The first-order chi connectivity index (χ1) is 7.99. The number of amides is 1. The molecular weight excluding hydrogens is 234 g/mol. The number of hydrogen-bond acceptors (Lipinski definition) is 4. The van der Waals surface area contributed by atoms with Crippen molar-refractivity contribution < 1.29 is 23.0 Å². The lowest BCUT2D eigenvalue weighted by Crippen LogP contribution is -2.47. The van der Waals surface area contributed by atoms with Crippen LogP contribution in [0.1, 0.15) is 6.92 Å². The summed E-state index contributed by atoms with van der Waals surface area (Å²) < 4.78 is 35.3. The van der Waals surface area contributed by atoms with E-state index in [0.717, 1.165) is 0 Å². The number of rotatable bonds is 5. The molecule has 0 saturated carbocycles. The molecule has 0 spiro atoms. The number of nitrogens with one attached hydrogen (secondary N) is 1. The summed E-state index contributed by atoms with van der Waals surface area (Å²) in [5.74, 6) is 3.23. The first-order valence-electron chi connectivity index (χ1n) is 4.80. The normalized spacial score (nSPS) is 10.8. The van der Waals surface area contributed by atoms with Gasteiger partial charge in [-0.15, -0.1) is 0 Å². The molecule has 0 saturated heterocycles. The molecule has 1 aromatic carbocycles. The zero-order chi connectivity index (χ0) is 12.9. The number of ether oxygens (including phenoxy) is 2. The van der Waals surface area contributed by atoms with E-state index in [1.807, 2.05) is 0 Å². The summed E-state index contributed by atoms with van der Waals surface area (Å²) in [6, 6.07) is 5.44. The highest BCUT2D eigenvalue weighted by atomic mass is 19.3.